The molecule has 16 heavy (non-hydrogen) atoms. The second-order valence-corrected chi connectivity index (χ2v) is 4.68. The van der Waals surface area contributed by atoms with Gasteiger partial charge in [0.25, 0.3) is 0 Å². The van der Waals surface area contributed by atoms with Crippen molar-refractivity contribution in [2.45, 2.75) is 26.7 Å². The number of hydrogen-bond acceptors (Lipinski definition) is 3. The summed E-state index contributed by atoms with van der Waals surface area (Å²) in [4.78, 5) is 11.5. The number of aliphatic hydroxyl groups excluding tert-OH is 1. The van der Waals surface area contributed by atoms with Gasteiger partial charge in [-0.15, -0.1) is 0 Å². The van der Waals surface area contributed by atoms with Gasteiger partial charge in [-0.3, -0.25) is 4.79 Å². The summed E-state index contributed by atoms with van der Waals surface area (Å²) >= 11 is 0. The van der Waals surface area contributed by atoms with Crippen LogP contribution in [0.2, 0.25) is 0 Å². The number of rotatable bonds is 6. The van der Waals surface area contributed by atoms with E-state index in [0.717, 1.165) is 5.76 Å². The Hall–Kier alpha value is -1.29. The molecule has 0 radical (unpaired) electrons. The Balaban J connectivity index is 2.21. The number of carbonyl (C=O) groups is 1. The van der Waals surface area contributed by atoms with Crippen molar-refractivity contribution in [1.82, 2.24) is 5.32 Å². The van der Waals surface area contributed by atoms with Crippen molar-refractivity contribution in [3.63, 3.8) is 0 Å². The predicted octanol–water partition coefficient (Wildman–Crippen LogP) is 1.35. The number of aryl methyl sites for hydroxylation is 1. The quantitative estimate of drug-likeness (QED) is 0.768. The lowest BCUT2D eigenvalue weighted by Gasteiger charge is -2.21. The molecule has 1 rings (SSSR count). The van der Waals surface area contributed by atoms with Crippen LogP contribution in [0.3, 0.4) is 0 Å². The van der Waals surface area contributed by atoms with Crippen LogP contribution in [0.4, 0.5) is 0 Å². The van der Waals surface area contributed by atoms with Crippen LogP contribution in [0, 0.1) is 5.41 Å². The lowest BCUT2D eigenvalue weighted by atomic mass is 9.95. The summed E-state index contributed by atoms with van der Waals surface area (Å²) in [6, 6.07) is 3.66. The summed E-state index contributed by atoms with van der Waals surface area (Å²) in [6.45, 7) is 4.35. The molecule has 90 valence electrons. The lowest BCUT2D eigenvalue weighted by Crippen LogP contribution is -2.36. The average molecular weight is 225 g/mol. The second-order valence-electron chi connectivity index (χ2n) is 4.68. The smallest absolute Gasteiger partial charge is 0.220 e. The molecule has 1 aromatic rings. The number of aliphatic hydroxyl groups is 1. The first-order valence-corrected chi connectivity index (χ1v) is 5.43. The van der Waals surface area contributed by atoms with Crippen molar-refractivity contribution in [2.24, 2.45) is 5.41 Å². The van der Waals surface area contributed by atoms with Crippen LogP contribution >= 0.6 is 0 Å². The standard InChI is InChI=1S/C12H19NO3/c1-12(2,9-14)8-13-11(15)6-5-10-4-3-7-16-10/h3-4,7,14H,5-6,8-9H2,1-2H3,(H,13,15). The van der Waals surface area contributed by atoms with Crippen LogP contribution in [0.25, 0.3) is 0 Å². The van der Waals surface area contributed by atoms with Crippen molar-refractivity contribution < 1.29 is 14.3 Å². The van der Waals surface area contributed by atoms with Gasteiger partial charge < -0.3 is 14.8 Å². The molecule has 0 bridgehead atoms. The van der Waals surface area contributed by atoms with Gasteiger partial charge in [0, 0.05) is 31.4 Å². The number of nitrogens with one attached hydrogen (secondary N) is 1. The van der Waals surface area contributed by atoms with E-state index in [1.807, 2.05) is 26.0 Å². The first kappa shape index (κ1) is 12.8. The van der Waals surface area contributed by atoms with Crippen LogP contribution in [0.5, 0.6) is 0 Å². The van der Waals surface area contributed by atoms with Gasteiger partial charge in [-0.05, 0) is 12.1 Å². The fourth-order valence-corrected chi connectivity index (χ4v) is 1.17. The maximum absolute atomic E-state index is 11.5. The first-order chi connectivity index (χ1) is 7.53. The first-order valence-electron chi connectivity index (χ1n) is 5.43. The summed E-state index contributed by atoms with van der Waals surface area (Å²) < 4.78 is 5.13. The molecule has 0 atom stereocenters. The van der Waals surface area contributed by atoms with Crippen molar-refractivity contribution >= 4 is 5.91 Å². The number of carbonyl (C=O) groups excluding carboxylic acids is 1. The summed E-state index contributed by atoms with van der Waals surface area (Å²) in [5, 5.41) is 11.8. The van der Waals surface area contributed by atoms with Crippen LogP contribution in [-0.4, -0.2) is 24.2 Å². The molecule has 0 aliphatic carbocycles. The second kappa shape index (κ2) is 5.70. The largest absolute Gasteiger partial charge is 0.469 e. The monoisotopic (exact) mass is 225 g/mol. The molecule has 0 aliphatic heterocycles. The molecule has 0 fully saturated rings. The van der Waals surface area contributed by atoms with Gasteiger partial charge in [0.2, 0.25) is 5.91 Å². The van der Waals surface area contributed by atoms with E-state index in [0.29, 0.717) is 19.4 Å². The minimum Gasteiger partial charge on any atom is -0.469 e. The van der Waals surface area contributed by atoms with E-state index >= 15 is 0 Å². The van der Waals surface area contributed by atoms with E-state index < -0.39 is 0 Å². The fraction of sp³-hybridized carbons (Fsp3) is 0.583. The summed E-state index contributed by atoms with van der Waals surface area (Å²) in [5.74, 6) is 0.800. The van der Waals surface area contributed by atoms with Crippen molar-refractivity contribution in [3.05, 3.63) is 24.2 Å². The molecule has 1 amide bonds. The van der Waals surface area contributed by atoms with Gasteiger partial charge in [0.15, 0.2) is 0 Å². The topological polar surface area (TPSA) is 62.5 Å². The minimum atomic E-state index is -0.264. The Bertz CT molecular complexity index is 317. The Labute approximate surface area is 95.7 Å². The molecule has 4 heteroatoms. The summed E-state index contributed by atoms with van der Waals surface area (Å²) in [7, 11) is 0. The fourth-order valence-electron chi connectivity index (χ4n) is 1.17. The molecule has 0 unspecified atom stereocenters. The molecule has 0 aromatic carbocycles. The third-order valence-electron chi connectivity index (χ3n) is 2.37. The van der Waals surface area contributed by atoms with Crippen molar-refractivity contribution in [3.8, 4) is 0 Å². The van der Waals surface area contributed by atoms with E-state index in [4.69, 9.17) is 9.52 Å². The molecular weight excluding hydrogens is 206 g/mol. The molecule has 4 nitrogen and oxygen atoms in total. The van der Waals surface area contributed by atoms with Gasteiger partial charge in [-0.2, -0.15) is 0 Å². The molecular formula is C12H19NO3. The Morgan fingerprint density at radius 1 is 1.56 bits per heavy atom. The third-order valence-corrected chi connectivity index (χ3v) is 2.37. The predicted molar refractivity (Wildman–Crippen MR) is 60.9 cm³/mol. The van der Waals surface area contributed by atoms with E-state index in [1.165, 1.54) is 0 Å². The third kappa shape index (κ3) is 4.49. The molecule has 1 heterocycles. The molecule has 0 spiro atoms. The van der Waals surface area contributed by atoms with Gasteiger partial charge in [-0.25, -0.2) is 0 Å². The Morgan fingerprint density at radius 2 is 2.31 bits per heavy atom. The molecule has 0 saturated carbocycles. The maximum atomic E-state index is 11.5. The molecule has 0 saturated heterocycles. The maximum Gasteiger partial charge on any atom is 0.220 e. The van der Waals surface area contributed by atoms with Crippen LogP contribution in [0.15, 0.2) is 22.8 Å². The van der Waals surface area contributed by atoms with E-state index in [2.05, 4.69) is 5.32 Å². The molecule has 0 aliphatic rings. The highest BCUT2D eigenvalue weighted by Gasteiger charge is 2.17. The van der Waals surface area contributed by atoms with Crippen LogP contribution in [0.1, 0.15) is 26.0 Å². The van der Waals surface area contributed by atoms with E-state index in [1.54, 1.807) is 6.26 Å². The average Bonchev–Trinajstić information content (AvgIpc) is 2.76. The van der Waals surface area contributed by atoms with Gasteiger partial charge >= 0.3 is 0 Å². The van der Waals surface area contributed by atoms with Gasteiger partial charge in [0.05, 0.1) is 6.26 Å². The molecule has 2 N–H and O–H groups in total. The number of furan rings is 1. The van der Waals surface area contributed by atoms with E-state index in [9.17, 15) is 4.79 Å². The summed E-state index contributed by atoms with van der Waals surface area (Å²) in [6.07, 6.45) is 2.62. The highest BCUT2D eigenvalue weighted by atomic mass is 16.3. The number of hydrogen-bond donors (Lipinski definition) is 2. The number of amides is 1. The van der Waals surface area contributed by atoms with Crippen LogP contribution in [-0.2, 0) is 11.2 Å². The van der Waals surface area contributed by atoms with Crippen LogP contribution < -0.4 is 5.32 Å². The zero-order valence-electron chi connectivity index (χ0n) is 9.82. The zero-order chi connectivity index (χ0) is 12.0. The minimum absolute atomic E-state index is 0.0158. The Morgan fingerprint density at radius 3 is 2.88 bits per heavy atom. The zero-order valence-corrected chi connectivity index (χ0v) is 9.82. The van der Waals surface area contributed by atoms with Crippen molar-refractivity contribution in [1.29, 1.82) is 0 Å². The van der Waals surface area contributed by atoms with Gasteiger partial charge in [0.1, 0.15) is 5.76 Å². The SMILES string of the molecule is CC(C)(CO)CNC(=O)CCc1ccco1. The van der Waals surface area contributed by atoms with E-state index in [-0.39, 0.29) is 17.9 Å². The van der Waals surface area contributed by atoms with Gasteiger partial charge in [-0.1, -0.05) is 13.8 Å². The summed E-state index contributed by atoms with van der Waals surface area (Å²) in [5.41, 5.74) is -0.264. The highest BCUT2D eigenvalue weighted by Crippen LogP contribution is 2.11. The van der Waals surface area contributed by atoms with Crippen molar-refractivity contribution in [2.75, 3.05) is 13.2 Å². The lowest BCUT2D eigenvalue weighted by molar-refractivity contribution is -0.121. The normalized spacial score (nSPS) is 11.4. The molecule has 1 aromatic heterocycles. The Kier molecular flexibility index (Phi) is 4.55. The highest BCUT2D eigenvalue weighted by molar-refractivity contribution is 5.76.